The first-order chi connectivity index (χ1) is 12.7. The summed E-state index contributed by atoms with van der Waals surface area (Å²) in [5.74, 6) is 0.939. The van der Waals surface area contributed by atoms with Gasteiger partial charge in [0.25, 0.3) is 0 Å². The number of methoxy groups -OCH3 is 1. The highest BCUT2D eigenvalue weighted by Gasteiger charge is 2.29. The SMILES string of the molecule is COc1ccccc1OCC1CC(C(=O)NCc2ccc(F)cc2)NN1. The van der Waals surface area contributed by atoms with E-state index in [-0.39, 0.29) is 23.8 Å². The van der Waals surface area contributed by atoms with Crippen LogP contribution in [0.15, 0.2) is 48.5 Å². The molecule has 2 atom stereocenters. The lowest BCUT2D eigenvalue weighted by molar-refractivity contribution is -0.123. The minimum Gasteiger partial charge on any atom is -0.493 e. The Morgan fingerprint density at radius 1 is 1.15 bits per heavy atom. The van der Waals surface area contributed by atoms with Gasteiger partial charge in [-0.25, -0.2) is 9.82 Å². The maximum atomic E-state index is 12.9. The van der Waals surface area contributed by atoms with E-state index in [1.165, 1.54) is 12.1 Å². The molecule has 2 unspecified atom stereocenters. The molecule has 1 saturated heterocycles. The van der Waals surface area contributed by atoms with Crippen molar-refractivity contribution in [3.05, 3.63) is 59.9 Å². The minimum atomic E-state index is -0.346. The first-order valence-electron chi connectivity index (χ1n) is 8.44. The first kappa shape index (κ1) is 18.2. The molecule has 2 aromatic rings. The standard InChI is InChI=1S/C19H22FN3O3/c1-25-17-4-2-3-5-18(17)26-12-15-10-16(23-22-15)19(24)21-11-13-6-8-14(20)9-7-13/h2-9,15-16,22-23H,10-12H2,1H3,(H,21,24). The lowest BCUT2D eigenvalue weighted by Gasteiger charge is -2.14. The molecule has 6 nitrogen and oxygen atoms in total. The fourth-order valence-corrected chi connectivity index (χ4v) is 2.75. The van der Waals surface area contributed by atoms with E-state index in [1.807, 2.05) is 24.3 Å². The zero-order chi connectivity index (χ0) is 18.4. The average Bonchev–Trinajstić information content (AvgIpc) is 3.15. The molecule has 1 amide bonds. The summed E-state index contributed by atoms with van der Waals surface area (Å²) >= 11 is 0. The number of rotatable bonds is 7. The molecule has 0 radical (unpaired) electrons. The summed E-state index contributed by atoms with van der Waals surface area (Å²) in [7, 11) is 1.60. The molecule has 0 aliphatic carbocycles. The highest BCUT2D eigenvalue weighted by molar-refractivity contribution is 5.82. The molecule has 1 fully saturated rings. The number of hydrazine groups is 1. The second-order valence-electron chi connectivity index (χ2n) is 6.08. The first-order valence-corrected chi connectivity index (χ1v) is 8.44. The number of amides is 1. The number of carbonyl (C=O) groups is 1. The Kier molecular flexibility index (Phi) is 6.04. The van der Waals surface area contributed by atoms with Crippen LogP contribution in [0.25, 0.3) is 0 Å². The van der Waals surface area contributed by atoms with Gasteiger partial charge in [0.15, 0.2) is 11.5 Å². The maximum Gasteiger partial charge on any atom is 0.238 e. The Labute approximate surface area is 151 Å². The smallest absolute Gasteiger partial charge is 0.238 e. The summed E-state index contributed by atoms with van der Waals surface area (Å²) < 4.78 is 23.9. The van der Waals surface area contributed by atoms with Crippen LogP contribution >= 0.6 is 0 Å². The number of para-hydroxylation sites is 2. The van der Waals surface area contributed by atoms with Crippen molar-refractivity contribution in [1.82, 2.24) is 16.2 Å². The molecule has 0 aromatic heterocycles. The molecule has 138 valence electrons. The van der Waals surface area contributed by atoms with Crippen LogP contribution < -0.4 is 25.6 Å². The summed E-state index contributed by atoms with van der Waals surface area (Å²) in [4.78, 5) is 12.3. The molecular weight excluding hydrogens is 337 g/mol. The molecule has 0 spiro atoms. The van der Waals surface area contributed by atoms with Crippen LogP contribution in [0.2, 0.25) is 0 Å². The van der Waals surface area contributed by atoms with E-state index in [0.29, 0.717) is 31.1 Å². The van der Waals surface area contributed by atoms with Crippen molar-refractivity contribution in [2.75, 3.05) is 13.7 Å². The van der Waals surface area contributed by atoms with Crippen LogP contribution in [0.5, 0.6) is 11.5 Å². The quantitative estimate of drug-likeness (QED) is 0.703. The number of benzene rings is 2. The van der Waals surface area contributed by atoms with E-state index in [0.717, 1.165) is 5.56 Å². The summed E-state index contributed by atoms with van der Waals surface area (Å²) in [5, 5.41) is 2.85. The summed E-state index contributed by atoms with van der Waals surface area (Å²) in [6, 6.07) is 13.1. The highest BCUT2D eigenvalue weighted by atomic mass is 19.1. The van der Waals surface area contributed by atoms with Gasteiger partial charge in [-0.15, -0.1) is 0 Å². The van der Waals surface area contributed by atoms with Crippen molar-refractivity contribution in [2.45, 2.75) is 25.0 Å². The topological polar surface area (TPSA) is 71.6 Å². The molecule has 3 N–H and O–H groups in total. The van der Waals surface area contributed by atoms with E-state index in [2.05, 4.69) is 16.2 Å². The van der Waals surface area contributed by atoms with Crippen molar-refractivity contribution < 1.29 is 18.7 Å². The van der Waals surface area contributed by atoms with Crippen molar-refractivity contribution >= 4 is 5.91 Å². The van der Waals surface area contributed by atoms with Gasteiger partial charge in [-0.3, -0.25) is 10.2 Å². The van der Waals surface area contributed by atoms with Crippen LogP contribution in [-0.4, -0.2) is 31.7 Å². The van der Waals surface area contributed by atoms with Crippen LogP contribution in [0, 0.1) is 5.82 Å². The predicted octanol–water partition coefficient (Wildman–Crippen LogP) is 1.76. The Morgan fingerprint density at radius 3 is 2.62 bits per heavy atom. The lowest BCUT2D eigenvalue weighted by Crippen LogP contribution is -2.43. The number of carbonyl (C=O) groups excluding carboxylic acids is 1. The molecule has 0 saturated carbocycles. The third-order valence-corrected chi connectivity index (χ3v) is 4.19. The Morgan fingerprint density at radius 2 is 1.88 bits per heavy atom. The van der Waals surface area contributed by atoms with Crippen LogP contribution in [0.4, 0.5) is 4.39 Å². The van der Waals surface area contributed by atoms with Crippen LogP contribution in [0.3, 0.4) is 0 Å². The van der Waals surface area contributed by atoms with E-state index < -0.39 is 0 Å². The molecule has 1 heterocycles. The molecule has 7 heteroatoms. The summed E-state index contributed by atoms with van der Waals surface area (Å²) in [6.45, 7) is 0.773. The minimum absolute atomic E-state index is 0.00137. The largest absolute Gasteiger partial charge is 0.493 e. The normalized spacial score (nSPS) is 19.2. The molecule has 26 heavy (non-hydrogen) atoms. The Bertz CT molecular complexity index is 739. The van der Waals surface area contributed by atoms with Crippen molar-refractivity contribution in [2.24, 2.45) is 0 Å². The van der Waals surface area contributed by atoms with Gasteiger partial charge in [0.1, 0.15) is 18.5 Å². The number of hydrogen-bond acceptors (Lipinski definition) is 5. The summed E-state index contributed by atoms with van der Waals surface area (Å²) in [5.41, 5.74) is 6.91. The van der Waals surface area contributed by atoms with Gasteiger partial charge < -0.3 is 14.8 Å². The number of ether oxygens (including phenoxy) is 2. The van der Waals surface area contributed by atoms with E-state index in [4.69, 9.17) is 9.47 Å². The van der Waals surface area contributed by atoms with E-state index >= 15 is 0 Å². The molecule has 1 aliphatic heterocycles. The second kappa shape index (κ2) is 8.64. The highest BCUT2D eigenvalue weighted by Crippen LogP contribution is 2.26. The van der Waals surface area contributed by atoms with Crippen LogP contribution in [0.1, 0.15) is 12.0 Å². The number of hydrogen-bond donors (Lipinski definition) is 3. The van der Waals surface area contributed by atoms with Crippen LogP contribution in [-0.2, 0) is 11.3 Å². The predicted molar refractivity (Wildman–Crippen MR) is 95.2 cm³/mol. The van der Waals surface area contributed by atoms with Crippen molar-refractivity contribution in [3.8, 4) is 11.5 Å². The zero-order valence-electron chi connectivity index (χ0n) is 14.5. The van der Waals surface area contributed by atoms with Gasteiger partial charge in [0, 0.05) is 6.54 Å². The van der Waals surface area contributed by atoms with Gasteiger partial charge in [-0.05, 0) is 36.2 Å². The second-order valence-corrected chi connectivity index (χ2v) is 6.08. The molecule has 2 aromatic carbocycles. The average molecular weight is 359 g/mol. The van der Waals surface area contributed by atoms with Gasteiger partial charge in [0.2, 0.25) is 5.91 Å². The van der Waals surface area contributed by atoms with Gasteiger partial charge in [0.05, 0.1) is 13.2 Å². The number of halogens is 1. The van der Waals surface area contributed by atoms with E-state index in [9.17, 15) is 9.18 Å². The van der Waals surface area contributed by atoms with Gasteiger partial charge >= 0.3 is 0 Å². The molecule has 1 aliphatic rings. The lowest BCUT2D eigenvalue weighted by atomic mass is 10.1. The summed E-state index contributed by atoms with van der Waals surface area (Å²) in [6.07, 6.45) is 0.602. The van der Waals surface area contributed by atoms with Crippen molar-refractivity contribution in [1.29, 1.82) is 0 Å². The van der Waals surface area contributed by atoms with Crippen molar-refractivity contribution in [3.63, 3.8) is 0 Å². The number of nitrogens with one attached hydrogen (secondary N) is 3. The Hall–Kier alpha value is -2.64. The Balaban J connectivity index is 1.44. The third kappa shape index (κ3) is 4.71. The zero-order valence-corrected chi connectivity index (χ0v) is 14.5. The fourth-order valence-electron chi connectivity index (χ4n) is 2.75. The molecule has 3 rings (SSSR count). The van der Waals surface area contributed by atoms with E-state index in [1.54, 1.807) is 19.2 Å². The monoisotopic (exact) mass is 359 g/mol. The molecule has 0 bridgehead atoms. The fraction of sp³-hybridized carbons (Fsp3) is 0.316. The van der Waals surface area contributed by atoms with Gasteiger partial charge in [-0.2, -0.15) is 0 Å². The van der Waals surface area contributed by atoms with Gasteiger partial charge in [-0.1, -0.05) is 24.3 Å². The maximum absolute atomic E-state index is 12.9. The molecular formula is C19H22FN3O3. The third-order valence-electron chi connectivity index (χ3n) is 4.19.